The highest BCUT2D eigenvalue weighted by Gasteiger charge is 2.31. The Morgan fingerprint density at radius 3 is 2.72 bits per heavy atom. The van der Waals surface area contributed by atoms with Crippen molar-refractivity contribution in [1.82, 2.24) is 19.3 Å². The first kappa shape index (κ1) is 19.8. The van der Waals surface area contributed by atoms with Gasteiger partial charge in [0.2, 0.25) is 10.0 Å². The van der Waals surface area contributed by atoms with Gasteiger partial charge in [0.05, 0.1) is 34.3 Å². The molecule has 0 bridgehead atoms. The fourth-order valence-corrected chi connectivity index (χ4v) is 5.12. The van der Waals surface area contributed by atoms with E-state index >= 15 is 0 Å². The van der Waals surface area contributed by atoms with Crippen LogP contribution in [0.5, 0.6) is 0 Å². The van der Waals surface area contributed by atoms with Gasteiger partial charge >= 0.3 is 0 Å². The zero-order valence-electron chi connectivity index (χ0n) is 16.5. The average molecular weight is 416 g/mol. The predicted molar refractivity (Wildman–Crippen MR) is 111 cm³/mol. The summed E-state index contributed by atoms with van der Waals surface area (Å²) >= 11 is 0. The Hall–Kier alpha value is -2.49. The highest BCUT2D eigenvalue weighted by molar-refractivity contribution is 7.89. The number of anilines is 1. The maximum Gasteiger partial charge on any atom is 0.240 e. The number of aromatic nitrogens is 3. The van der Waals surface area contributed by atoms with Crippen molar-refractivity contribution in [2.45, 2.75) is 56.1 Å². The molecule has 0 atom stereocenters. The molecule has 0 saturated heterocycles. The monoisotopic (exact) mass is 415 g/mol. The van der Waals surface area contributed by atoms with Gasteiger partial charge in [0.15, 0.2) is 5.65 Å². The maximum atomic E-state index is 13.0. The number of hydrogen-bond donors (Lipinski definition) is 3. The van der Waals surface area contributed by atoms with Crippen LogP contribution in [0.3, 0.4) is 0 Å². The predicted octanol–water partition coefficient (Wildman–Crippen LogP) is 2.26. The van der Waals surface area contributed by atoms with Gasteiger partial charge in [-0.2, -0.15) is 5.10 Å². The molecule has 1 aliphatic carbocycles. The van der Waals surface area contributed by atoms with Gasteiger partial charge in [-0.05, 0) is 63.3 Å². The molecule has 0 amide bonds. The van der Waals surface area contributed by atoms with Crippen molar-refractivity contribution >= 4 is 21.4 Å². The van der Waals surface area contributed by atoms with Gasteiger partial charge in [0.1, 0.15) is 0 Å². The zero-order chi connectivity index (χ0) is 20.8. The van der Waals surface area contributed by atoms with Crippen molar-refractivity contribution in [2.75, 3.05) is 5.73 Å². The van der Waals surface area contributed by atoms with Gasteiger partial charge in [-0.15, -0.1) is 0 Å². The number of sulfonamides is 1. The molecule has 1 aromatic carbocycles. The lowest BCUT2D eigenvalue weighted by molar-refractivity contribution is 0.0163. The summed E-state index contributed by atoms with van der Waals surface area (Å²) in [6.07, 6.45) is 5.61. The number of nitrogens with two attached hydrogens (primary N) is 1. The smallest absolute Gasteiger partial charge is 0.240 e. The van der Waals surface area contributed by atoms with Crippen LogP contribution in [0.25, 0.3) is 16.9 Å². The number of nitrogen functional groups attached to an aromatic ring is 1. The number of nitrogens with one attached hydrogen (secondary N) is 1. The van der Waals surface area contributed by atoms with Crippen molar-refractivity contribution in [3.05, 3.63) is 42.2 Å². The van der Waals surface area contributed by atoms with E-state index in [-0.39, 0.29) is 10.9 Å². The molecule has 154 valence electrons. The Labute approximate surface area is 169 Å². The fraction of sp³-hybridized carbons (Fsp3) is 0.400. The van der Waals surface area contributed by atoms with Crippen LogP contribution < -0.4 is 10.5 Å². The topological polar surface area (TPSA) is 123 Å². The number of aliphatic hydroxyl groups is 1. The second-order valence-electron chi connectivity index (χ2n) is 8.03. The third-order valence-electron chi connectivity index (χ3n) is 5.61. The standard InChI is InChI=1S/C20H25N5O3S/c1-13-3-4-15(29(27,28)24-14-5-8-20(2,26)9-6-14)11-16(13)18-12-22-19-17(21)7-10-23-25(18)19/h3-4,7,10-12,14,24,26H,5-6,8-9,21H2,1-2H3/t14-,20-. The summed E-state index contributed by atoms with van der Waals surface area (Å²) in [7, 11) is -3.70. The van der Waals surface area contributed by atoms with Crippen LogP contribution in [0.15, 0.2) is 41.6 Å². The molecule has 9 heteroatoms. The van der Waals surface area contributed by atoms with Crippen LogP contribution in [-0.4, -0.2) is 39.8 Å². The van der Waals surface area contributed by atoms with Gasteiger partial charge in [-0.25, -0.2) is 22.6 Å². The van der Waals surface area contributed by atoms with Crippen molar-refractivity contribution in [1.29, 1.82) is 0 Å². The summed E-state index contributed by atoms with van der Waals surface area (Å²) in [6.45, 7) is 3.70. The summed E-state index contributed by atoms with van der Waals surface area (Å²) in [5.41, 5.74) is 8.59. The Morgan fingerprint density at radius 2 is 2.00 bits per heavy atom. The molecule has 29 heavy (non-hydrogen) atoms. The van der Waals surface area contributed by atoms with Crippen LogP contribution in [0.4, 0.5) is 5.69 Å². The molecule has 8 nitrogen and oxygen atoms in total. The highest BCUT2D eigenvalue weighted by Crippen LogP contribution is 2.30. The normalized spacial score (nSPS) is 22.8. The Kier molecular flexibility index (Phi) is 4.84. The second-order valence-corrected chi connectivity index (χ2v) is 9.75. The van der Waals surface area contributed by atoms with Gasteiger partial charge in [-0.3, -0.25) is 0 Å². The van der Waals surface area contributed by atoms with Crippen molar-refractivity contribution in [2.24, 2.45) is 0 Å². The van der Waals surface area contributed by atoms with E-state index in [0.29, 0.717) is 42.7 Å². The van der Waals surface area contributed by atoms with Crippen molar-refractivity contribution in [3.63, 3.8) is 0 Å². The van der Waals surface area contributed by atoms with E-state index in [9.17, 15) is 13.5 Å². The number of rotatable bonds is 4. The van der Waals surface area contributed by atoms with E-state index in [1.807, 2.05) is 6.92 Å². The molecule has 2 aromatic heterocycles. The Morgan fingerprint density at radius 1 is 1.28 bits per heavy atom. The number of imidazole rings is 1. The quantitative estimate of drug-likeness (QED) is 0.601. The molecule has 0 spiro atoms. The number of benzene rings is 1. The first-order valence-corrected chi connectivity index (χ1v) is 11.1. The van der Waals surface area contributed by atoms with Gasteiger partial charge in [0.25, 0.3) is 0 Å². The second kappa shape index (κ2) is 7.08. The van der Waals surface area contributed by atoms with E-state index in [4.69, 9.17) is 5.73 Å². The third-order valence-corrected chi connectivity index (χ3v) is 7.13. The molecule has 0 unspecified atom stereocenters. The molecule has 2 heterocycles. The van der Waals surface area contributed by atoms with Gasteiger partial charge in [-0.1, -0.05) is 6.07 Å². The molecular formula is C20H25N5O3S. The fourth-order valence-electron chi connectivity index (χ4n) is 3.79. The molecule has 1 fully saturated rings. The lowest BCUT2D eigenvalue weighted by Crippen LogP contribution is -2.42. The lowest BCUT2D eigenvalue weighted by atomic mass is 9.84. The van der Waals surface area contributed by atoms with Crippen LogP contribution in [-0.2, 0) is 10.0 Å². The van der Waals surface area contributed by atoms with Crippen molar-refractivity contribution < 1.29 is 13.5 Å². The summed E-state index contributed by atoms with van der Waals surface area (Å²) in [5.74, 6) is 0. The van der Waals surface area contributed by atoms with Crippen LogP contribution in [0.1, 0.15) is 38.2 Å². The molecule has 1 saturated carbocycles. The SMILES string of the molecule is Cc1ccc(S(=O)(=O)N[C@H]2CC[C@](C)(O)CC2)cc1-c1cnc2c(N)ccnn12. The summed E-state index contributed by atoms with van der Waals surface area (Å²) in [5, 5.41) is 14.4. The van der Waals surface area contributed by atoms with E-state index in [1.54, 1.807) is 48.1 Å². The zero-order valence-corrected chi connectivity index (χ0v) is 17.3. The van der Waals surface area contributed by atoms with E-state index in [0.717, 1.165) is 11.1 Å². The number of aryl methyl sites for hydroxylation is 1. The largest absolute Gasteiger partial charge is 0.396 e. The number of fused-ring (bicyclic) bond motifs is 1. The summed E-state index contributed by atoms with van der Waals surface area (Å²) in [4.78, 5) is 4.51. The molecule has 4 rings (SSSR count). The van der Waals surface area contributed by atoms with E-state index < -0.39 is 15.6 Å². The van der Waals surface area contributed by atoms with Crippen LogP contribution >= 0.6 is 0 Å². The van der Waals surface area contributed by atoms with Crippen LogP contribution in [0, 0.1) is 6.92 Å². The first-order valence-electron chi connectivity index (χ1n) is 9.60. The van der Waals surface area contributed by atoms with Gasteiger partial charge in [0, 0.05) is 11.6 Å². The summed E-state index contributed by atoms with van der Waals surface area (Å²) in [6, 6.07) is 6.52. The minimum atomic E-state index is -3.70. The minimum Gasteiger partial charge on any atom is -0.396 e. The molecule has 4 N–H and O–H groups in total. The third kappa shape index (κ3) is 3.85. The van der Waals surface area contributed by atoms with E-state index in [1.165, 1.54) is 0 Å². The molecular weight excluding hydrogens is 390 g/mol. The van der Waals surface area contributed by atoms with Crippen LogP contribution in [0.2, 0.25) is 0 Å². The number of hydrogen-bond acceptors (Lipinski definition) is 6. The van der Waals surface area contributed by atoms with Gasteiger partial charge < -0.3 is 10.8 Å². The van der Waals surface area contributed by atoms with Crippen molar-refractivity contribution in [3.8, 4) is 11.3 Å². The lowest BCUT2D eigenvalue weighted by Gasteiger charge is -2.33. The first-order chi connectivity index (χ1) is 13.7. The summed E-state index contributed by atoms with van der Waals surface area (Å²) < 4.78 is 30.4. The molecule has 0 radical (unpaired) electrons. The van der Waals surface area contributed by atoms with E-state index in [2.05, 4.69) is 14.8 Å². The maximum absolute atomic E-state index is 13.0. The molecule has 0 aliphatic heterocycles. The average Bonchev–Trinajstić information content (AvgIpc) is 3.09. The molecule has 3 aromatic rings. The Bertz CT molecular complexity index is 1160. The minimum absolute atomic E-state index is 0.178. The highest BCUT2D eigenvalue weighted by atomic mass is 32.2. The molecule has 1 aliphatic rings. The Balaban J connectivity index is 1.67. The number of nitrogens with zero attached hydrogens (tertiary/aromatic N) is 3.